The van der Waals surface area contributed by atoms with Gasteiger partial charge in [0, 0.05) is 75.8 Å². The summed E-state index contributed by atoms with van der Waals surface area (Å²) >= 11 is 0. The number of nitriles is 2. The van der Waals surface area contributed by atoms with Crippen LogP contribution in [-0.4, -0.2) is 9.13 Å². The van der Waals surface area contributed by atoms with Crippen molar-refractivity contribution in [1.82, 2.24) is 9.13 Å². The molecule has 20 rings (SSSR count). The summed E-state index contributed by atoms with van der Waals surface area (Å²) in [6.07, 6.45) is 0. The minimum atomic E-state index is 0.462. The highest BCUT2D eigenvalue weighted by atomic mass is 16.3. The average molecular weight is 1230 g/mol. The zero-order chi connectivity index (χ0) is 63.6. The van der Waals surface area contributed by atoms with Gasteiger partial charge in [-0.3, -0.25) is 0 Å². The number of nitrogens with zero attached hydrogens (tertiary/aromatic N) is 4. The van der Waals surface area contributed by atoms with E-state index < -0.39 is 0 Å². The van der Waals surface area contributed by atoms with Crippen LogP contribution in [0.5, 0.6) is 0 Å². The molecule has 6 heterocycles. The number of hydrogen-bond acceptors (Lipinski definition) is 6. The van der Waals surface area contributed by atoms with Gasteiger partial charge in [-0.15, -0.1) is 0 Å². The molecule has 0 bridgehead atoms. The fourth-order valence-corrected chi connectivity index (χ4v) is 15.6. The van der Waals surface area contributed by atoms with Crippen LogP contribution >= 0.6 is 0 Å². The smallest absolute Gasteiger partial charge is 0.159 e. The molecule has 0 aliphatic carbocycles. The third-order valence-electron chi connectivity index (χ3n) is 20.0. The normalized spacial score (nSPS) is 12.0. The van der Waals surface area contributed by atoms with E-state index in [0.29, 0.717) is 33.5 Å². The predicted octanol–water partition coefficient (Wildman–Crippen LogP) is 24.2. The number of aryl methyl sites for hydroxylation is 2. The second-order valence-corrected chi connectivity index (χ2v) is 25.3. The second kappa shape index (κ2) is 20.2. The number of fused-ring (bicyclic) bond motifs is 18. The molecule has 96 heavy (non-hydrogen) atoms. The van der Waals surface area contributed by atoms with Crippen molar-refractivity contribution < 1.29 is 17.7 Å². The van der Waals surface area contributed by atoms with Crippen LogP contribution in [0, 0.1) is 36.5 Å². The molecule has 0 aliphatic rings. The molecule has 0 spiro atoms. The van der Waals surface area contributed by atoms with Gasteiger partial charge in [-0.05, 0) is 143 Å². The van der Waals surface area contributed by atoms with Crippen LogP contribution in [-0.2, 0) is 0 Å². The minimum Gasteiger partial charge on any atom is -0.455 e. The maximum Gasteiger partial charge on any atom is 0.159 e. The number of hydrogen-bond donors (Lipinski definition) is 0. The number of furan rings is 4. The Labute approximate surface area is 547 Å². The first-order valence-electron chi connectivity index (χ1n) is 32.2. The van der Waals surface area contributed by atoms with Gasteiger partial charge in [0.1, 0.15) is 34.5 Å². The molecule has 0 saturated heterocycles. The van der Waals surface area contributed by atoms with Crippen molar-refractivity contribution in [3.05, 3.63) is 289 Å². The van der Waals surface area contributed by atoms with Crippen LogP contribution in [0.3, 0.4) is 0 Å². The maximum atomic E-state index is 10.6. The molecule has 0 amide bonds. The lowest BCUT2D eigenvalue weighted by molar-refractivity contribution is 0.664. The van der Waals surface area contributed by atoms with Gasteiger partial charge in [0.05, 0.1) is 44.6 Å². The Hall–Kier alpha value is -13.1. The fraction of sp³-hybridized carbons (Fsp3) is 0.0227. The summed E-state index contributed by atoms with van der Waals surface area (Å²) in [4.78, 5) is 0. The summed E-state index contributed by atoms with van der Waals surface area (Å²) < 4.78 is 32.2. The van der Waals surface area contributed by atoms with Gasteiger partial charge in [0.25, 0.3) is 0 Å². The quantitative estimate of drug-likeness (QED) is 0.157. The molecular formula is C88H50N4O4. The van der Waals surface area contributed by atoms with E-state index in [1.54, 1.807) is 0 Å². The van der Waals surface area contributed by atoms with E-state index in [-0.39, 0.29) is 0 Å². The second-order valence-electron chi connectivity index (χ2n) is 25.3. The van der Waals surface area contributed by atoms with Crippen molar-refractivity contribution in [2.24, 2.45) is 0 Å². The third kappa shape index (κ3) is 7.64. The molecule has 0 fully saturated rings. The monoisotopic (exact) mass is 1230 g/mol. The summed E-state index contributed by atoms with van der Waals surface area (Å²) in [5, 5.41) is 33.5. The van der Waals surface area contributed by atoms with Gasteiger partial charge in [0.15, 0.2) is 22.3 Å². The van der Waals surface area contributed by atoms with Crippen LogP contribution in [0.15, 0.2) is 285 Å². The summed E-state index contributed by atoms with van der Waals surface area (Å²) in [5.41, 5.74) is 25.2. The van der Waals surface area contributed by atoms with Crippen LogP contribution in [0.4, 0.5) is 0 Å². The molecule has 0 aliphatic heterocycles. The largest absolute Gasteiger partial charge is 0.455 e. The lowest BCUT2D eigenvalue weighted by Gasteiger charge is -2.10. The first kappa shape index (κ1) is 53.5. The highest BCUT2D eigenvalue weighted by Gasteiger charge is 2.27. The van der Waals surface area contributed by atoms with Gasteiger partial charge >= 0.3 is 0 Å². The maximum absolute atomic E-state index is 10.6. The summed E-state index contributed by atoms with van der Waals surface area (Å²) in [6.45, 7) is 4.27. The van der Waals surface area contributed by atoms with Gasteiger partial charge in [-0.2, -0.15) is 10.5 Å². The van der Waals surface area contributed by atoms with E-state index in [1.807, 2.05) is 48.5 Å². The van der Waals surface area contributed by atoms with E-state index in [4.69, 9.17) is 17.7 Å². The fourth-order valence-electron chi connectivity index (χ4n) is 15.6. The van der Waals surface area contributed by atoms with E-state index in [0.717, 1.165) is 165 Å². The molecule has 0 atom stereocenters. The van der Waals surface area contributed by atoms with Crippen molar-refractivity contribution in [2.75, 3.05) is 0 Å². The molecule has 14 aromatic carbocycles. The minimum absolute atomic E-state index is 0.462. The molecule has 0 saturated carbocycles. The zero-order valence-corrected chi connectivity index (χ0v) is 51.8. The third-order valence-corrected chi connectivity index (χ3v) is 20.0. The summed E-state index contributed by atoms with van der Waals surface area (Å²) in [5.74, 6) is 0. The van der Waals surface area contributed by atoms with Crippen molar-refractivity contribution >= 4 is 131 Å². The topological polar surface area (TPSA) is 110 Å². The SMILES string of the molecule is Cc1ccc2c(c1)c1cc(C)ccc1n2-c1cccc2c1oc1c(C#N)ccc(-c3cccc4c3oc3cccc(-c5ccc(-c6ccc7c(c6)c6cc(-c8ccccc8)ccc6n7-c6cccc7c6oc6c(C#N)ccc(-c8cccc9c8oc8ccccc89)c67)cc5)c34)c12. The Kier molecular flexibility index (Phi) is 11.2. The van der Waals surface area contributed by atoms with Crippen LogP contribution in [0.25, 0.3) is 198 Å². The highest BCUT2D eigenvalue weighted by Crippen LogP contribution is 2.49. The summed E-state index contributed by atoms with van der Waals surface area (Å²) in [6, 6.07) is 98.5. The van der Waals surface area contributed by atoms with Crippen molar-refractivity contribution in [1.29, 1.82) is 10.5 Å². The lowest BCUT2D eigenvalue weighted by Crippen LogP contribution is -1.94. The first-order chi connectivity index (χ1) is 47.3. The van der Waals surface area contributed by atoms with Crippen LogP contribution in [0.1, 0.15) is 22.3 Å². The zero-order valence-electron chi connectivity index (χ0n) is 51.8. The Bertz CT molecular complexity index is 6810. The molecule has 0 N–H and O–H groups in total. The van der Waals surface area contributed by atoms with E-state index in [2.05, 4.69) is 254 Å². The molecule has 8 nitrogen and oxygen atoms in total. The predicted molar refractivity (Wildman–Crippen MR) is 390 cm³/mol. The molecule has 0 unspecified atom stereocenters. The van der Waals surface area contributed by atoms with E-state index in [1.165, 1.54) is 21.9 Å². The molecule has 20 aromatic rings. The number of para-hydroxylation sites is 5. The summed E-state index contributed by atoms with van der Waals surface area (Å²) in [7, 11) is 0. The van der Waals surface area contributed by atoms with Crippen molar-refractivity contribution in [3.8, 4) is 79.1 Å². The molecule has 0 radical (unpaired) electrons. The Morgan fingerprint density at radius 1 is 0.260 bits per heavy atom. The molecular weight excluding hydrogens is 1180 g/mol. The van der Waals surface area contributed by atoms with Gasteiger partial charge < -0.3 is 26.8 Å². The Morgan fingerprint density at radius 2 is 0.677 bits per heavy atom. The van der Waals surface area contributed by atoms with Crippen LogP contribution < -0.4 is 0 Å². The Morgan fingerprint density at radius 3 is 1.25 bits per heavy atom. The highest BCUT2D eigenvalue weighted by molar-refractivity contribution is 6.23. The number of aromatic nitrogens is 2. The van der Waals surface area contributed by atoms with E-state index in [9.17, 15) is 10.5 Å². The number of rotatable bonds is 7. The molecule has 446 valence electrons. The molecule has 8 heteroatoms. The number of benzene rings is 14. The van der Waals surface area contributed by atoms with Crippen molar-refractivity contribution in [3.63, 3.8) is 0 Å². The van der Waals surface area contributed by atoms with Gasteiger partial charge in [-0.25, -0.2) is 0 Å². The van der Waals surface area contributed by atoms with Gasteiger partial charge in [-0.1, -0.05) is 193 Å². The lowest BCUT2D eigenvalue weighted by atomic mass is 9.94. The van der Waals surface area contributed by atoms with Crippen molar-refractivity contribution in [2.45, 2.75) is 13.8 Å². The molecule has 6 aromatic heterocycles. The van der Waals surface area contributed by atoms with Gasteiger partial charge in [0.2, 0.25) is 0 Å². The average Bonchev–Trinajstić information content (AvgIpc) is 1.57. The standard InChI is InChI=1S/C88H50N4O4/c1-49-27-39-72-68(43-49)69-44-50(2)28-40-73(69)91(72)76-23-10-22-67-82-61(38-34-57(48-90)84(82)96-87(67)76)64-19-9-20-65-80-58(16-12-26-79(80)94-86(64)65)53-31-29-52(30-32-53)55-36-42-75-71(46-55)70-45-54(51-13-4-3-5-14-51)35-41-74(70)92(75)77-24-11-21-66-81-60(37-33-56(47-89)83(81)95-88(66)77)63-18-8-17-62-59-15-6-7-25-78(59)93-85(62)63/h3-46H,1-2H3. The Balaban J connectivity index is 0.708. The van der Waals surface area contributed by atoms with E-state index >= 15 is 0 Å². The van der Waals surface area contributed by atoms with Crippen LogP contribution in [0.2, 0.25) is 0 Å². The first-order valence-corrected chi connectivity index (χ1v) is 32.2.